The Morgan fingerprint density at radius 2 is 1.06 bits per heavy atom. The van der Waals surface area contributed by atoms with Gasteiger partial charge in [0.15, 0.2) is 47.8 Å². The first-order valence-electron chi connectivity index (χ1n) is 18.1. The Labute approximate surface area is 311 Å². The lowest BCUT2D eigenvalue weighted by Crippen LogP contribution is -2.42. The highest BCUT2D eigenvalue weighted by atomic mass is 16.7. The van der Waals surface area contributed by atoms with Crippen LogP contribution in [0.15, 0.2) is 24.5 Å². The van der Waals surface area contributed by atoms with Crippen molar-refractivity contribution in [1.29, 1.82) is 10.8 Å². The lowest BCUT2D eigenvalue weighted by molar-refractivity contribution is -0.169. The van der Waals surface area contributed by atoms with Gasteiger partial charge in [-0.1, -0.05) is 12.8 Å². The number of ether oxygens (including phenoxy) is 8. The van der Waals surface area contributed by atoms with Crippen LogP contribution in [0.4, 0.5) is 0 Å². The Kier molecular flexibility index (Phi) is 11.1. The molecule has 6 rings (SSSR count). The molecule has 54 heavy (non-hydrogen) atoms. The number of hydrogen-bond donors (Lipinski definition) is 2. The quantitative estimate of drug-likeness (QED) is 0.170. The summed E-state index contributed by atoms with van der Waals surface area (Å²) in [5.74, 6) is -1.79. The van der Waals surface area contributed by atoms with Crippen molar-refractivity contribution in [2.24, 2.45) is 10.8 Å². The summed E-state index contributed by atoms with van der Waals surface area (Å²) in [5.41, 5.74) is -1.53. The highest BCUT2D eigenvalue weighted by Gasteiger charge is 2.56. The molecular formula is C36H48N6O12. The van der Waals surface area contributed by atoms with Crippen molar-refractivity contribution in [1.82, 2.24) is 19.1 Å². The maximum Gasteiger partial charge on any atom is 0.311 e. The minimum absolute atomic E-state index is 0.0209. The van der Waals surface area contributed by atoms with Gasteiger partial charge in [0, 0.05) is 25.2 Å². The van der Waals surface area contributed by atoms with Crippen LogP contribution in [0.2, 0.25) is 0 Å². The lowest BCUT2D eigenvalue weighted by atomic mass is 9.97. The zero-order valence-electron chi connectivity index (χ0n) is 31.3. The monoisotopic (exact) mass is 756 g/mol. The topological polar surface area (TPSA) is 225 Å². The van der Waals surface area contributed by atoms with Crippen LogP contribution >= 0.6 is 0 Å². The van der Waals surface area contributed by atoms with Gasteiger partial charge in [0.1, 0.15) is 25.4 Å². The first kappa shape index (κ1) is 38.9. The molecule has 8 atom stereocenters. The molecule has 0 bridgehead atoms. The van der Waals surface area contributed by atoms with Gasteiger partial charge >= 0.3 is 35.9 Å². The Morgan fingerprint density at radius 1 is 0.667 bits per heavy atom. The SMILES string of the molecule is CC(C)(C)C(=O)O[C@H]1[C@H]2Oc3nc(=N)ccn3[C@@H]2O[C@@H]1COC(=O)CCCCCCC(=O)OC[C@H]1O[C@@H]2[C@H](Oc3nc(=N)ccn32)[C@@H]1OC(=O)C(C)(C)C. The molecular weight excluding hydrogens is 708 g/mol. The smallest absolute Gasteiger partial charge is 0.311 e. The van der Waals surface area contributed by atoms with Crippen molar-refractivity contribution >= 4 is 23.9 Å². The molecule has 0 amide bonds. The number of aromatic nitrogens is 4. The van der Waals surface area contributed by atoms with Gasteiger partial charge in [-0.15, -0.1) is 0 Å². The van der Waals surface area contributed by atoms with Crippen molar-refractivity contribution in [3.8, 4) is 12.0 Å². The van der Waals surface area contributed by atoms with Gasteiger partial charge in [-0.05, 0) is 66.5 Å². The first-order valence-corrected chi connectivity index (χ1v) is 18.1. The van der Waals surface area contributed by atoms with Gasteiger partial charge in [0.2, 0.25) is 0 Å². The molecule has 6 heterocycles. The summed E-state index contributed by atoms with van der Waals surface area (Å²) >= 11 is 0. The van der Waals surface area contributed by atoms with Crippen molar-refractivity contribution in [2.45, 2.75) is 129 Å². The zero-order chi connectivity index (χ0) is 38.9. The van der Waals surface area contributed by atoms with Crippen LogP contribution in [-0.4, -0.2) is 92.8 Å². The fraction of sp³-hybridized carbons (Fsp3) is 0.667. The average Bonchev–Trinajstić information content (AvgIpc) is 3.81. The summed E-state index contributed by atoms with van der Waals surface area (Å²) in [6.07, 6.45) is -0.105. The van der Waals surface area contributed by atoms with E-state index in [1.165, 1.54) is 12.1 Å². The highest BCUT2D eigenvalue weighted by Crippen LogP contribution is 2.42. The van der Waals surface area contributed by atoms with Gasteiger partial charge in [-0.25, -0.2) is 0 Å². The zero-order valence-corrected chi connectivity index (χ0v) is 31.3. The Balaban J connectivity index is 0.911. The number of hydrogen-bond acceptors (Lipinski definition) is 16. The Bertz CT molecular complexity index is 1730. The van der Waals surface area contributed by atoms with Crippen LogP contribution in [0.25, 0.3) is 0 Å². The first-order chi connectivity index (χ1) is 25.5. The maximum atomic E-state index is 12.8. The summed E-state index contributed by atoms with van der Waals surface area (Å²) in [4.78, 5) is 59.0. The molecule has 0 aromatic carbocycles. The van der Waals surface area contributed by atoms with Crippen LogP contribution in [0.3, 0.4) is 0 Å². The predicted molar refractivity (Wildman–Crippen MR) is 181 cm³/mol. The Morgan fingerprint density at radius 3 is 1.43 bits per heavy atom. The van der Waals surface area contributed by atoms with Crippen molar-refractivity contribution in [3.63, 3.8) is 0 Å². The summed E-state index contributed by atoms with van der Waals surface area (Å²) < 4.78 is 50.0. The van der Waals surface area contributed by atoms with Crippen LogP contribution in [0.1, 0.15) is 92.5 Å². The molecule has 2 aromatic rings. The number of nitrogens with one attached hydrogen (secondary N) is 2. The molecule has 0 saturated carbocycles. The van der Waals surface area contributed by atoms with E-state index >= 15 is 0 Å². The molecule has 2 fully saturated rings. The second-order valence-corrected chi connectivity index (χ2v) is 15.8. The average molecular weight is 757 g/mol. The largest absolute Gasteiger partial charge is 0.463 e. The van der Waals surface area contributed by atoms with E-state index in [9.17, 15) is 19.2 Å². The highest BCUT2D eigenvalue weighted by molar-refractivity contribution is 5.76. The van der Waals surface area contributed by atoms with E-state index in [1.54, 1.807) is 63.1 Å². The van der Waals surface area contributed by atoms with E-state index in [0.717, 1.165) is 0 Å². The Hall–Kier alpha value is -4.84. The third-order valence-electron chi connectivity index (χ3n) is 9.30. The van der Waals surface area contributed by atoms with E-state index < -0.39 is 83.8 Å². The van der Waals surface area contributed by atoms with Crippen molar-refractivity contribution in [2.75, 3.05) is 13.2 Å². The number of fused-ring (bicyclic) bond motifs is 6. The summed E-state index contributed by atoms with van der Waals surface area (Å²) in [7, 11) is 0. The molecule has 2 aromatic heterocycles. The van der Waals surface area contributed by atoms with E-state index in [2.05, 4.69) is 9.97 Å². The molecule has 2 saturated heterocycles. The number of carbonyl (C=O) groups is 4. The molecule has 4 aliphatic rings. The molecule has 0 unspecified atom stereocenters. The number of nitrogens with zero attached hydrogens (tertiary/aromatic N) is 4. The number of rotatable bonds is 13. The van der Waals surface area contributed by atoms with E-state index in [1.807, 2.05) is 0 Å². The third-order valence-corrected chi connectivity index (χ3v) is 9.30. The van der Waals surface area contributed by atoms with E-state index in [0.29, 0.717) is 25.7 Å². The van der Waals surface area contributed by atoms with Crippen molar-refractivity contribution < 1.29 is 57.1 Å². The van der Waals surface area contributed by atoms with Crippen molar-refractivity contribution in [3.05, 3.63) is 35.5 Å². The molecule has 2 N–H and O–H groups in total. The molecule has 18 heteroatoms. The maximum absolute atomic E-state index is 12.8. The van der Waals surface area contributed by atoms with Crippen LogP contribution in [-0.2, 0) is 47.6 Å². The predicted octanol–water partition coefficient (Wildman–Crippen LogP) is 2.40. The second-order valence-electron chi connectivity index (χ2n) is 15.8. The second kappa shape index (κ2) is 15.5. The fourth-order valence-electron chi connectivity index (χ4n) is 6.29. The molecule has 294 valence electrons. The lowest BCUT2D eigenvalue weighted by Gasteiger charge is -2.25. The molecule has 18 nitrogen and oxygen atoms in total. The van der Waals surface area contributed by atoms with Crippen LogP contribution < -0.4 is 20.4 Å². The van der Waals surface area contributed by atoms with Gasteiger partial charge in [-0.2, -0.15) is 9.97 Å². The van der Waals surface area contributed by atoms with Crippen LogP contribution in [0.5, 0.6) is 12.0 Å². The number of unbranched alkanes of at least 4 members (excludes halogenated alkanes) is 3. The molecule has 4 aliphatic heterocycles. The van der Waals surface area contributed by atoms with Gasteiger partial charge in [0.25, 0.3) is 0 Å². The van der Waals surface area contributed by atoms with Gasteiger partial charge in [0.05, 0.1) is 10.8 Å². The fourth-order valence-corrected chi connectivity index (χ4v) is 6.29. The van der Waals surface area contributed by atoms with E-state index in [-0.39, 0.29) is 49.1 Å². The summed E-state index contributed by atoms with van der Waals surface area (Å²) in [6, 6.07) is 3.34. The minimum Gasteiger partial charge on any atom is -0.463 e. The normalized spacial score (nSPS) is 26.4. The van der Waals surface area contributed by atoms with E-state index in [4.69, 9.17) is 48.7 Å². The summed E-state index contributed by atoms with van der Waals surface area (Å²) in [5, 5.41) is 15.5. The molecule has 0 aliphatic carbocycles. The minimum atomic E-state index is -0.867. The molecule has 0 spiro atoms. The summed E-state index contributed by atoms with van der Waals surface area (Å²) in [6.45, 7) is 10.1. The number of esters is 4. The third kappa shape index (κ3) is 8.59. The standard InChI is InChI=1S/C36H48N6O12/c1-35(2,3)31(45)51-25-19(49-29-27(25)53-33-39-21(37)13-15-41(29)33)17-47-23(43)11-9-7-8-10-12-24(44)48-18-20-26(52-32(46)36(4,5)6)28-30(50-20)42-16-14-22(38)40-34(42)54-28/h13-16,19-20,25-30,37-38H,7-12,17-18H2,1-6H3/t19-,20-,25-,26-,27-,28-,29-,30-/m1/s1. The molecule has 0 radical (unpaired) electrons. The van der Waals surface area contributed by atoms with Gasteiger partial charge < -0.3 is 37.9 Å². The van der Waals surface area contributed by atoms with Crippen LogP contribution in [0, 0.1) is 21.6 Å². The van der Waals surface area contributed by atoms with Gasteiger partial charge in [-0.3, -0.25) is 39.1 Å². The number of carbonyl (C=O) groups excluding carboxylic acids is 4.